The summed E-state index contributed by atoms with van der Waals surface area (Å²) in [6, 6.07) is 15.7. The van der Waals surface area contributed by atoms with Crippen LogP contribution in [0.25, 0.3) is 10.9 Å². The highest BCUT2D eigenvalue weighted by atomic mass is 16.5. The van der Waals surface area contributed by atoms with Gasteiger partial charge in [0.25, 0.3) is 5.91 Å². The van der Waals surface area contributed by atoms with Gasteiger partial charge < -0.3 is 15.0 Å². The third-order valence-corrected chi connectivity index (χ3v) is 3.75. The van der Waals surface area contributed by atoms with Crippen LogP contribution < -0.4 is 10.1 Å². The van der Waals surface area contributed by atoms with E-state index >= 15 is 0 Å². The summed E-state index contributed by atoms with van der Waals surface area (Å²) < 4.78 is 5.71. The molecule has 23 heavy (non-hydrogen) atoms. The number of carbonyl (C=O) groups is 1. The van der Waals surface area contributed by atoms with Crippen LogP contribution in [-0.4, -0.2) is 24.0 Å². The van der Waals surface area contributed by atoms with Gasteiger partial charge in [-0.15, -0.1) is 0 Å². The van der Waals surface area contributed by atoms with Gasteiger partial charge in [0.2, 0.25) is 0 Å². The number of aromatic nitrogens is 1. The van der Waals surface area contributed by atoms with E-state index in [2.05, 4.69) is 23.3 Å². The minimum atomic E-state index is -0.120. The number of nitrogens with one attached hydrogen (secondary N) is 2. The van der Waals surface area contributed by atoms with E-state index in [0.717, 1.165) is 22.2 Å². The third-order valence-electron chi connectivity index (χ3n) is 3.75. The minimum Gasteiger partial charge on any atom is -0.491 e. The number of ether oxygens (including phenoxy) is 1. The maximum atomic E-state index is 12.1. The molecule has 2 N–H and O–H groups in total. The molecule has 0 radical (unpaired) electrons. The highest BCUT2D eigenvalue weighted by Gasteiger charge is 2.08. The van der Waals surface area contributed by atoms with Crippen LogP contribution in [0.5, 0.6) is 5.75 Å². The number of benzene rings is 2. The highest BCUT2D eigenvalue weighted by molar-refractivity contribution is 5.97. The first-order valence-electron chi connectivity index (χ1n) is 7.69. The molecule has 0 aliphatic rings. The Balaban J connectivity index is 1.53. The van der Waals surface area contributed by atoms with Crippen molar-refractivity contribution in [3.63, 3.8) is 0 Å². The molecule has 0 saturated heterocycles. The lowest BCUT2D eigenvalue weighted by Crippen LogP contribution is -2.28. The van der Waals surface area contributed by atoms with Crippen molar-refractivity contribution < 1.29 is 9.53 Å². The number of fused-ring (bicyclic) bond motifs is 1. The van der Waals surface area contributed by atoms with Crippen molar-refractivity contribution >= 4 is 16.8 Å². The van der Waals surface area contributed by atoms with Gasteiger partial charge in [-0.1, -0.05) is 35.9 Å². The van der Waals surface area contributed by atoms with Gasteiger partial charge in [-0.05, 0) is 37.6 Å². The van der Waals surface area contributed by atoms with Crippen molar-refractivity contribution in [3.8, 4) is 5.75 Å². The Morgan fingerprint density at radius 2 is 1.96 bits per heavy atom. The number of aryl methyl sites for hydroxylation is 2. The van der Waals surface area contributed by atoms with Gasteiger partial charge in [-0.3, -0.25) is 4.79 Å². The van der Waals surface area contributed by atoms with E-state index < -0.39 is 0 Å². The molecule has 4 nitrogen and oxygen atoms in total. The van der Waals surface area contributed by atoms with E-state index in [4.69, 9.17) is 4.74 Å². The molecule has 1 aromatic heterocycles. The summed E-state index contributed by atoms with van der Waals surface area (Å²) >= 11 is 0. The second kappa shape index (κ2) is 6.57. The van der Waals surface area contributed by atoms with Gasteiger partial charge >= 0.3 is 0 Å². The van der Waals surface area contributed by atoms with Gasteiger partial charge in [0.1, 0.15) is 18.1 Å². The van der Waals surface area contributed by atoms with Crippen LogP contribution in [0.4, 0.5) is 0 Å². The van der Waals surface area contributed by atoms with Crippen molar-refractivity contribution in [2.45, 2.75) is 13.8 Å². The highest BCUT2D eigenvalue weighted by Crippen LogP contribution is 2.18. The monoisotopic (exact) mass is 308 g/mol. The zero-order chi connectivity index (χ0) is 16.2. The summed E-state index contributed by atoms with van der Waals surface area (Å²) in [4.78, 5) is 15.3. The van der Waals surface area contributed by atoms with Gasteiger partial charge in [-0.2, -0.15) is 0 Å². The molecule has 2 aromatic carbocycles. The Morgan fingerprint density at radius 1 is 1.13 bits per heavy atom. The van der Waals surface area contributed by atoms with Crippen LogP contribution in [0.1, 0.15) is 21.6 Å². The van der Waals surface area contributed by atoms with E-state index in [1.54, 1.807) is 0 Å². The zero-order valence-corrected chi connectivity index (χ0v) is 13.3. The fourth-order valence-corrected chi connectivity index (χ4v) is 2.58. The normalized spacial score (nSPS) is 10.7. The number of hydrogen-bond acceptors (Lipinski definition) is 2. The van der Waals surface area contributed by atoms with Crippen molar-refractivity contribution in [1.82, 2.24) is 10.3 Å². The molecule has 0 aliphatic carbocycles. The number of H-pyrrole nitrogens is 1. The predicted molar refractivity (Wildman–Crippen MR) is 92.0 cm³/mol. The Kier molecular flexibility index (Phi) is 4.33. The quantitative estimate of drug-likeness (QED) is 0.708. The lowest BCUT2D eigenvalue weighted by atomic mass is 10.1. The Hall–Kier alpha value is -2.75. The van der Waals surface area contributed by atoms with Crippen LogP contribution in [0.3, 0.4) is 0 Å². The molecule has 118 valence electrons. The van der Waals surface area contributed by atoms with Crippen molar-refractivity contribution in [1.29, 1.82) is 0 Å². The molecule has 0 bridgehead atoms. The standard InChI is InChI=1S/C19H20N2O2/c1-13-7-8-18(14(2)11-13)23-10-9-20-19(22)17-12-15-5-3-4-6-16(15)21-17/h3-8,11-12,21H,9-10H2,1-2H3,(H,20,22). The molecule has 0 fully saturated rings. The second-order valence-electron chi connectivity index (χ2n) is 5.64. The minimum absolute atomic E-state index is 0.120. The molecule has 0 atom stereocenters. The van der Waals surface area contributed by atoms with E-state index in [1.807, 2.05) is 49.4 Å². The number of rotatable bonds is 5. The molecule has 0 saturated carbocycles. The second-order valence-corrected chi connectivity index (χ2v) is 5.64. The van der Waals surface area contributed by atoms with Crippen molar-refractivity contribution in [2.75, 3.05) is 13.2 Å². The SMILES string of the molecule is Cc1ccc(OCCNC(=O)c2cc3ccccc3[nH]2)c(C)c1. The summed E-state index contributed by atoms with van der Waals surface area (Å²) in [5, 5.41) is 3.90. The predicted octanol–water partition coefficient (Wildman–Crippen LogP) is 3.59. The lowest BCUT2D eigenvalue weighted by Gasteiger charge is -2.10. The summed E-state index contributed by atoms with van der Waals surface area (Å²) in [6.07, 6.45) is 0. The molecule has 0 aliphatic heterocycles. The first-order valence-corrected chi connectivity index (χ1v) is 7.69. The summed E-state index contributed by atoms with van der Waals surface area (Å²) in [6.45, 7) is 4.97. The largest absolute Gasteiger partial charge is 0.491 e. The number of aromatic amines is 1. The van der Waals surface area contributed by atoms with E-state index in [0.29, 0.717) is 18.8 Å². The Morgan fingerprint density at radius 3 is 2.74 bits per heavy atom. The maximum Gasteiger partial charge on any atom is 0.267 e. The number of para-hydroxylation sites is 1. The smallest absolute Gasteiger partial charge is 0.267 e. The van der Waals surface area contributed by atoms with Crippen LogP contribution >= 0.6 is 0 Å². The van der Waals surface area contributed by atoms with Crippen LogP contribution in [0.15, 0.2) is 48.5 Å². The van der Waals surface area contributed by atoms with Gasteiger partial charge in [0.15, 0.2) is 0 Å². The first kappa shape index (κ1) is 15.2. The average molecular weight is 308 g/mol. The van der Waals surface area contributed by atoms with Crippen LogP contribution in [0.2, 0.25) is 0 Å². The summed E-state index contributed by atoms with van der Waals surface area (Å²) in [7, 11) is 0. The Bertz CT molecular complexity index is 803. The zero-order valence-electron chi connectivity index (χ0n) is 13.3. The van der Waals surface area contributed by atoms with E-state index in [9.17, 15) is 4.79 Å². The van der Waals surface area contributed by atoms with Gasteiger partial charge in [0.05, 0.1) is 6.54 Å². The maximum absolute atomic E-state index is 12.1. The molecular formula is C19H20N2O2. The van der Waals surface area contributed by atoms with Crippen molar-refractivity contribution in [2.24, 2.45) is 0 Å². The fraction of sp³-hybridized carbons (Fsp3) is 0.211. The first-order chi connectivity index (χ1) is 11.1. The number of amides is 1. The van der Waals surface area contributed by atoms with Crippen LogP contribution in [0, 0.1) is 13.8 Å². The number of hydrogen-bond donors (Lipinski definition) is 2. The van der Waals surface area contributed by atoms with E-state index in [-0.39, 0.29) is 5.91 Å². The fourth-order valence-electron chi connectivity index (χ4n) is 2.58. The molecule has 3 aromatic rings. The summed E-state index contributed by atoms with van der Waals surface area (Å²) in [5.41, 5.74) is 3.84. The van der Waals surface area contributed by atoms with Crippen molar-refractivity contribution in [3.05, 3.63) is 65.4 Å². The third kappa shape index (κ3) is 3.54. The molecule has 1 heterocycles. The Labute approximate surface area is 135 Å². The van der Waals surface area contributed by atoms with Gasteiger partial charge in [0, 0.05) is 10.9 Å². The van der Waals surface area contributed by atoms with Gasteiger partial charge in [-0.25, -0.2) is 0 Å². The molecule has 1 amide bonds. The molecule has 3 rings (SSSR count). The lowest BCUT2D eigenvalue weighted by molar-refractivity contribution is 0.0943. The van der Waals surface area contributed by atoms with Crippen LogP contribution in [-0.2, 0) is 0 Å². The summed E-state index contributed by atoms with van der Waals surface area (Å²) in [5.74, 6) is 0.737. The molecule has 4 heteroatoms. The van der Waals surface area contributed by atoms with E-state index in [1.165, 1.54) is 5.56 Å². The number of carbonyl (C=O) groups excluding carboxylic acids is 1. The average Bonchev–Trinajstić information content (AvgIpc) is 2.97. The topological polar surface area (TPSA) is 54.1 Å². The molecular weight excluding hydrogens is 288 g/mol. The molecule has 0 spiro atoms. The molecule has 0 unspecified atom stereocenters.